The number of nitrogens with zero attached hydrogens (tertiary/aromatic N) is 1. The van der Waals surface area contributed by atoms with Crippen molar-refractivity contribution in [2.75, 3.05) is 32.9 Å². The highest BCUT2D eigenvalue weighted by Crippen LogP contribution is 2.42. The maximum atomic E-state index is 13.6. The summed E-state index contributed by atoms with van der Waals surface area (Å²) in [4.78, 5) is 2.21. The smallest absolute Gasteiger partial charge is 0.142 e. The lowest BCUT2D eigenvalue weighted by Crippen LogP contribution is -2.41. The molecule has 2 saturated heterocycles. The topological polar surface area (TPSA) is 32.7 Å². The average Bonchev–Trinajstić information content (AvgIpc) is 2.83. The van der Waals surface area contributed by atoms with Crippen molar-refractivity contribution in [3.63, 3.8) is 0 Å². The Hall–Kier alpha value is -0.390. The lowest BCUT2D eigenvalue weighted by molar-refractivity contribution is -0.0417. The maximum absolute atomic E-state index is 13.6. The first-order valence-corrected chi connectivity index (χ1v) is 7.84. The summed E-state index contributed by atoms with van der Waals surface area (Å²) < 4.78 is 19.1. The molecule has 0 radical (unpaired) electrons. The van der Waals surface area contributed by atoms with E-state index in [1.54, 1.807) is 0 Å². The van der Waals surface area contributed by atoms with Gasteiger partial charge in [0.2, 0.25) is 0 Å². The molecule has 0 unspecified atom stereocenters. The van der Waals surface area contributed by atoms with Crippen molar-refractivity contribution in [3.8, 4) is 0 Å². The monoisotopic (exact) mass is 333 g/mol. The van der Waals surface area contributed by atoms with Gasteiger partial charge >= 0.3 is 0 Å². The largest absolute Gasteiger partial charge is 0.396 e. The van der Waals surface area contributed by atoms with E-state index >= 15 is 0 Å². The standard InChI is InChI=1S/C15H18Cl2FNO2/c16-12-4-13(17)14(18)3-10(12)5-19-6-11-7-21-2-1-15(11,8-19)9-20/h3-4,11,20H,1-2,5-9H2/t11-,15-/m1/s1. The predicted octanol–water partition coefficient (Wildman–Crippen LogP) is 2.96. The van der Waals surface area contributed by atoms with Gasteiger partial charge in [0, 0.05) is 42.6 Å². The van der Waals surface area contributed by atoms with E-state index in [1.165, 1.54) is 12.1 Å². The number of aliphatic hydroxyl groups excluding tert-OH is 1. The molecule has 1 aromatic carbocycles. The Kier molecular flexibility index (Phi) is 4.44. The minimum atomic E-state index is -0.451. The number of aliphatic hydroxyl groups is 1. The van der Waals surface area contributed by atoms with Crippen LogP contribution < -0.4 is 0 Å². The quantitative estimate of drug-likeness (QED) is 0.863. The number of rotatable bonds is 3. The van der Waals surface area contributed by atoms with Gasteiger partial charge in [0.25, 0.3) is 0 Å². The Morgan fingerprint density at radius 3 is 2.90 bits per heavy atom. The molecule has 2 fully saturated rings. The number of fused-ring (bicyclic) bond motifs is 1. The molecule has 3 rings (SSSR count). The van der Waals surface area contributed by atoms with Crippen molar-refractivity contribution in [1.29, 1.82) is 0 Å². The molecule has 6 heteroatoms. The molecule has 3 nitrogen and oxygen atoms in total. The van der Waals surface area contributed by atoms with Crippen LogP contribution in [0, 0.1) is 17.2 Å². The summed E-state index contributed by atoms with van der Waals surface area (Å²) in [6.07, 6.45) is 0.868. The van der Waals surface area contributed by atoms with Crippen LogP contribution in [-0.2, 0) is 11.3 Å². The van der Waals surface area contributed by atoms with Crippen molar-refractivity contribution >= 4 is 23.2 Å². The second-order valence-corrected chi connectivity index (χ2v) is 6.88. The van der Waals surface area contributed by atoms with Crippen LogP contribution in [0.1, 0.15) is 12.0 Å². The molecule has 0 spiro atoms. The molecule has 2 heterocycles. The van der Waals surface area contributed by atoms with Crippen LogP contribution in [0.15, 0.2) is 12.1 Å². The van der Waals surface area contributed by atoms with Gasteiger partial charge in [-0.1, -0.05) is 23.2 Å². The summed E-state index contributed by atoms with van der Waals surface area (Å²) in [5, 5.41) is 10.3. The predicted molar refractivity (Wildman–Crippen MR) is 80.1 cm³/mol. The molecule has 0 saturated carbocycles. The second-order valence-electron chi connectivity index (χ2n) is 6.07. The lowest BCUT2D eigenvalue weighted by atomic mass is 9.75. The fourth-order valence-electron chi connectivity index (χ4n) is 3.46. The van der Waals surface area contributed by atoms with Crippen molar-refractivity contribution in [2.24, 2.45) is 11.3 Å². The van der Waals surface area contributed by atoms with E-state index in [2.05, 4.69) is 4.90 Å². The van der Waals surface area contributed by atoms with Gasteiger partial charge in [-0.15, -0.1) is 0 Å². The maximum Gasteiger partial charge on any atom is 0.142 e. The highest BCUT2D eigenvalue weighted by atomic mass is 35.5. The third-order valence-electron chi connectivity index (χ3n) is 4.74. The first kappa shape index (κ1) is 15.5. The molecule has 2 atom stereocenters. The fourth-order valence-corrected chi connectivity index (χ4v) is 3.91. The fraction of sp³-hybridized carbons (Fsp3) is 0.600. The van der Waals surface area contributed by atoms with Crippen molar-refractivity contribution in [2.45, 2.75) is 13.0 Å². The molecule has 0 bridgehead atoms. The third kappa shape index (κ3) is 2.92. The Morgan fingerprint density at radius 1 is 1.38 bits per heavy atom. The van der Waals surface area contributed by atoms with Crippen LogP contribution in [0.25, 0.3) is 0 Å². The van der Waals surface area contributed by atoms with E-state index in [4.69, 9.17) is 27.9 Å². The summed E-state index contributed by atoms with van der Waals surface area (Å²) in [5.74, 6) is -0.125. The van der Waals surface area contributed by atoms with Gasteiger partial charge in [-0.3, -0.25) is 4.90 Å². The van der Waals surface area contributed by atoms with Gasteiger partial charge in [-0.25, -0.2) is 4.39 Å². The van der Waals surface area contributed by atoms with Gasteiger partial charge < -0.3 is 9.84 Å². The van der Waals surface area contributed by atoms with Crippen molar-refractivity contribution in [3.05, 3.63) is 33.6 Å². The van der Waals surface area contributed by atoms with Crippen molar-refractivity contribution < 1.29 is 14.2 Å². The zero-order valence-corrected chi connectivity index (χ0v) is 13.1. The number of halogens is 3. The zero-order chi connectivity index (χ0) is 15.0. The molecular weight excluding hydrogens is 316 g/mol. The van der Waals surface area contributed by atoms with Gasteiger partial charge in [-0.2, -0.15) is 0 Å². The van der Waals surface area contributed by atoms with Crippen LogP contribution in [0.3, 0.4) is 0 Å². The first-order chi connectivity index (χ1) is 10.0. The molecule has 0 aromatic heterocycles. The summed E-state index contributed by atoms with van der Waals surface area (Å²) in [6, 6.07) is 2.84. The number of hydrogen-bond donors (Lipinski definition) is 1. The minimum Gasteiger partial charge on any atom is -0.396 e. The van der Waals surface area contributed by atoms with E-state index in [0.717, 1.165) is 25.1 Å². The molecule has 21 heavy (non-hydrogen) atoms. The molecule has 2 aliphatic heterocycles. The second kappa shape index (κ2) is 6.01. The normalized spacial score (nSPS) is 29.6. The van der Waals surface area contributed by atoms with Gasteiger partial charge in [-0.05, 0) is 24.1 Å². The Balaban J connectivity index is 1.76. The first-order valence-electron chi connectivity index (χ1n) is 7.08. The van der Waals surface area contributed by atoms with Crippen LogP contribution in [0.4, 0.5) is 4.39 Å². The third-order valence-corrected chi connectivity index (χ3v) is 5.39. The SMILES string of the molecule is OC[C@]12CCOC[C@H]1CN(Cc1cc(F)c(Cl)cc1Cl)C2. The minimum absolute atomic E-state index is 0.0408. The Morgan fingerprint density at radius 2 is 2.19 bits per heavy atom. The summed E-state index contributed by atoms with van der Waals surface area (Å²) in [7, 11) is 0. The van der Waals surface area contributed by atoms with Crippen LogP contribution in [0.5, 0.6) is 0 Å². The van der Waals surface area contributed by atoms with E-state index in [0.29, 0.717) is 30.7 Å². The molecule has 1 N–H and O–H groups in total. The molecule has 0 amide bonds. The molecule has 1 aromatic rings. The number of ether oxygens (including phenoxy) is 1. The summed E-state index contributed by atoms with van der Waals surface area (Å²) >= 11 is 11.9. The van der Waals surface area contributed by atoms with E-state index < -0.39 is 5.82 Å². The van der Waals surface area contributed by atoms with E-state index in [9.17, 15) is 9.50 Å². The van der Waals surface area contributed by atoms with Crippen LogP contribution in [-0.4, -0.2) is 42.9 Å². The molecule has 116 valence electrons. The van der Waals surface area contributed by atoms with Gasteiger partial charge in [0.1, 0.15) is 5.82 Å². The van der Waals surface area contributed by atoms with E-state index in [-0.39, 0.29) is 17.0 Å². The molecular formula is C15H18Cl2FNO2. The summed E-state index contributed by atoms with van der Waals surface area (Å²) in [6.45, 7) is 3.73. The van der Waals surface area contributed by atoms with Crippen LogP contribution >= 0.6 is 23.2 Å². The Labute approximate surface area is 133 Å². The number of likely N-dealkylation sites (tertiary alicyclic amines) is 1. The van der Waals surface area contributed by atoms with Crippen molar-refractivity contribution in [1.82, 2.24) is 4.90 Å². The highest BCUT2D eigenvalue weighted by molar-refractivity contribution is 6.35. The van der Waals surface area contributed by atoms with Gasteiger partial charge in [0.05, 0.1) is 18.2 Å². The van der Waals surface area contributed by atoms with E-state index in [1.807, 2.05) is 0 Å². The number of hydrogen-bond acceptors (Lipinski definition) is 3. The average molecular weight is 334 g/mol. The van der Waals surface area contributed by atoms with Gasteiger partial charge in [0.15, 0.2) is 0 Å². The highest BCUT2D eigenvalue weighted by Gasteiger charge is 2.47. The molecule has 2 aliphatic rings. The zero-order valence-electron chi connectivity index (χ0n) is 11.6. The summed E-state index contributed by atoms with van der Waals surface area (Å²) in [5.41, 5.74) is 0.640. The van der Waals surface area contributed by atoms with Crippen LogP contribution in [0.2, 0.25) is 10.0 Å². The molecule has 0 aliphatic carbocycles. The Bertz CT molecular complexity index is 543. The lowest BCUT2D eigenvalue weighted by Gasteiger charge is -2.36. The number of benzene rings is 1.